The number of carbonyl (C=O) groups excluding carboxylic acids is 1. The number of hydrogen-bond donors (Lipinski definition) is 3. The Morgan fingerprint density at radius 1 is 0.903 bits per heavy atom. The number of hydrogen-bond acceptors (Lipinski definition) is 4. The van der Waals surface area contributed by atoms with E-state index >= 15 is 0 Å². The van der Waals surface area contributed by atoms with Crippen LogP contribution >= 0.6 is 11.3 Å². The lowest BCUT2D eigenvalue weighted by molar-refractivity contribution is 0.262. The average Bonchev–Trinajstić information content (AvgIpc) is 3.27. The molecule has 156 valence electrons. The molecule has 1 atom stereocenters. The van der Waals surface area contributed by atoms with Gasteiger partial charge in [0.15, 0.2) is 5.13 Å². The predicted octanol–water partition coefficient (Wildman–Crippen LogP) is 6.09. The summed E-state index contributed by atoms with van der Waals surface area (Å²) in [7, 11) is 0. The molecule has 0 spiro atoms. The van der Waals surface area contributed by atoms with E-state index in [1.54, 1.807) is 0 Å². The topological polar surface area (TPSA) is 80.0 Å². The zero-order valence-corrected chi connectivity index (χ0v) is 17.8. The highest BCUT2D eigenvalue weighted by atomic mass is 32.1. The number of anilines is 2. The van der Waals surface area contributed by atoms with E-state index in [4.69, 9.17) is 5.73 Å². The average molecular weight is 429 g/mol. The van der Waals surface area contributed by atoms with Gasteiger partial charge in [-0.25, -0.2) is 9.78 Å². The van der Waals surface area contributed by atoms with Crippen LogP contribution in [0.1, 0.15) is 23.7 Å². The third kappa shape index (κ3) is 5.57. The Kier molecular flexibility index (Phi) is 6.72. The summed E-state index contributed by atoms with van der Waals surface area (Å²) in [6, 6.07) is 27.4. The molecule has 0 aliphatic carbocycles. The van der Waals surface area contributed by atoms with Crippen LogP contribution in [0.25, 0.3) is 11.1 Å². The number of nitrogens with one attached hydrogen (secondary N) is 2. The van der Waals surface area contributed by atoms with Crippen LogP contribution in [0.4, 0.5) is 15.6 Å². The molecule has 1 aromatic heterocycles. The number of nitrogens with two attached hydrogens (primary N) is 1. The maximum Gasteiger partial charge on any atom is 0.325 e. The number of para-hydroxylation sites is 1. The Labute approximate surface area is 186 Å². The van der Waals surface area contributed by atoms with Gasteiger partial charge in [0.25, 0.3) is 0 Å². The molecule has 0 fully saturated rings. The van der Waals surface area contributed by atoms with Gasteiger partial charge in [0.2, 0.25) is 0 Å². The van der Waals surface area contributed by atoms with Crippen molar-refractivity contribution in [2.24, 2.45) is 5.73 Å². The smallest absolute Gasteiger partial charge is 0.323 e. The van der Waals surface area contributed by atoms with E-state index < -0.39 is 0 Å². The van der Waals surface area contributed by atoms with Crippen molar-refractivity contribution in [3.8, 4) is 11.1 Å². The van der Waals surface area contributed by atoms with Crippen LogP contribution in [0.2, 0.25) is 0 Å². The van der Waals surface area contributed by atoms with Crippen molar-refractivity contribution in [1.82, 2.24) is 4.98 Å². The maximum atomic E-state index is 12.6. The molecule has 0 saturated heterocycles. The zero-order valence-electron chi connectivity index (χ0n) is 17.0. The van der Waals surface area contributed by atoms with Crippen LogP contribution in [-0.4, -0.2) is 11.0 Å². The number of carbonyl (C=O) groups is 1. The van der Waals surface area contributed by atoms with E-state index in [2.05, 4.69) is 27.8 Å². The van der Waals surface area contributed by atoms with Gasteiger partial charge in [-0.15, -0.1) is 11.3 Å². The number of urea groups is 1. The van der Waals surface area contributed by atoms with Crippen LogP contribution < -0.4 is 16.4 Å². The molecule has 0 aliphatic rings. The van der Waals surface area contributed by atoms with Gasteiger partial charge in [0, 0.05) is 17.0 Å². The molecule has 6 heteroatoms. The Hall–Kier alpha value is -3.48. The molecule has 0 aliphatic heterocycles. The summed E-state index contributed by atoms with van der Waals surface area (Å²) in [5.41, 5.74) is 11.1. The van der Waals surface area contributed by atoms with Crippen LogP contribution in [0.15, 0.2) is 90.3 Å². The van der Waals surface area contributed by atoms with E-state index in [-0.39, 0.29) is 12.1 Å². The molecular weight excluding hydrogens is 404 g/mol. The minimum atomic E-state index is -0.331. The van der Waals surface area contributed by atoms with Gasteiger partial charge >= 0.3 is 6.03 Å². The highest BCUT2D eigenvalue weighted by Gasteiger charge is 2.13. The molecule has 0 bridgehead atoms. The molecule has 0 radical (unpaired) electrons. The molecule has 2 amide bonds. The number of nitrogens with zero attached hydrogens (tertiary/aromatic N) is 1. The summed E-state index contributed by atoms with van der Waals surface area (Å²) >= 11 is 1.38. The van der Waals surface area contributed by atoms with Gasteiger partial charge in [-0.3, -0.25) is 5.32 Å². The first-order valence-electron chi connectivity index (χ1n) is 10.2. The van der Waals surface area contributed by atoms with Crippen molar-refractivity contribution < 1.29 is 4.79 Å². The van der Waals surface area contributed by atoms with Gasteiger partial charge in [0.05, 0.1) is 11.4 Å². The Bertz CT molecular complexity index is 1130. The molecule has 3 aromatic carbocycles. The third-order valence-electron chi connectivity index (χ3n) is 4.97. The number of aryl methyl sites for hydroxylation is 1. The fraction of sp³-hybridized carbons (Fsp3) is 0.120. The first-order chi connectivity index (χ1) is 15.2. The SMILES string of the molecule is NC(CCc1ccccc1)c1csc(NC(=O)Nc2ccccc2-c2ccccc2)n1. The van der Waals surface area contributed by atoms with Crippen LogP contribution in [-0.2, 0) is 6.42 Å². The van der Waals surface area contributed by atoms with Gasteiger partial charge < -0.3 is 11.1 Å². The molecular formula is C25H24N4OS. The highest BCUT2D eigenvalue weighted by Crippen LogP contribution is 2.28. The third-order valence-corrected chi connectivity index (χ3v) is 5.75. The number of aromatic nitrogens is 1. The molecule has 1 heterocycles. The quantitative estimate of drug-likeness (QED) is 0.333. The lowest BCUT2D eigenvalue weighted by Crippen LogP contribution is -2.20. The van der Waals surface area contributed by atoms with E-state index in [0.29, 0.717) is 5.13 Å². The molecule has 4 rings (SSSR count). The molecule has 31 heavy (non-hydrogen) atoms. The maximum absolute atomic E-state index is 12.6. The fourth-order valence-corrected chi connectivity index (χ4v) is 4.11. The van der Waals surface area contributed by atoms with Crippen molar-refractivity contribution in [2.75, 3.05) is 10.6 Å². The zero-order chi connectivity index (χ0) is 21.5. The lowest BCUT2D eigenvalue weighted by Gasteiger charge is -2.11. The van der Waals surface area contributed by atoms with Gasteiger partial charge in [-0.05, 0) is 30.0 Å². The number of rotatable bonds is 7. The van der Waals surface area contributed by atoms with Crippen molar-refractivity contribution in [3.63, 3.8) is 0 Å². The van der Waals surface area contributed by atoms with Crippen molar-refractivity contribution >= 4 is 28.2 Å². The fourth-order valence-electron chi connectivity index (χ4n) is 3.34. The minimum Gasteiger partial charge on any atom is -0.323 e. The van der Waals surface area contributed by atoms with Crippen LogP contribution in [0.3, 0.4) is 0 Å². The summed E-state index contributed by atoms with van der Waals surface area (Å²) in [6.45, 7) is 0. The summed E-state index contributed by atoms with van der Waals surface area (Å²) in [5, 5.41) is 8.18. The predicted molar refractivity (Wildman–Crippen MR) is 128 cm³/mol. The second-order valence-electron chi connectivity index (χ2n) is 7.20. The monoisotopic (exact) mass is 428 g/mol. The normalized spacial score (nSPS) is 11.6. The Morgan fingerprint density at radius 3 is 2.35 bits per heavy atom. The summed E-state index contributed by atoms with van der Waals surface area (Å²) in [4.78, 5) is 17.1. The Morgan fingerprint density at radius 2 is 1.58 bits per heavy atom. The summed E-state index contributed by atoms with van der Waals surface area (Å²) < 4.78 is 0. The molecule has 0 saturated carbocycles. The summed E-state index contributed by atoms with van der Waals surface area (Å²) in [5.74, 6) is 0. The standard InChI is InChI=1S/C25H24N4OS/c26-21(16-15-18-9-3-1-4-10-18)23-17-31-25(28-23)29-24(30)27-22-14-8-7-13-20(22)19-11-5-2-6-12-19/h1-14,17,21H,15-16,26H2,(H2,27,28,29,30). The van der Waals surface area contributed by atoms with Gasteiger partial charge in [-0.2, -0.15) is 0 Å². The highest BCUT2D eigenvalue weighted by molar-refractivity contribution is 7.14. The first kappa shape index (κ1) is 20.8. The van der Waals surface area contributed by atoms with E-state index in [9.17, 15) is 4.79 Å². The molecule has 5 nitrogen and oxygen atoms in total. The minimum absolute atomic E-state index is 0.172. The van der Waals surface area contributed by atoms with Crippen molar-refractivity contribution in [1.29, 1.82) is 0 Å². The van der Waals surface area contributed by atoms with Gasteiger partial charge in [-0.1, -0.05) is 78.9 Å². The van der Waals surface area contributed by atoms with Crippen molar-refractivity contribution in [2.45, 2.75) is 18.9 Å². The molecule has 4 aromatic rings. The number of thiazole rings is 1. The molecule has 4 N–H and O–H groups in total. The van der Waals surface area contributed by atoms with Crippen LogP contribution in [0, 0.1) is 0 Å². The summed E-state index contributed by atoms with van der Waals surface area (Å²) in [6.07, 6.45) is 1.68. The lowest BCUT2D eigenvalue weighted by atomic mass is 10.0. The largest absolute Gasteiger partial charge is 0.325 e. The Balaban J connectivity index is 1.37. The second kappa shape index (κ2) is 10.0. The van der Waals surface area contributed by atoms with E-state index in [1.165, 1.54) is 16.9 Å². The first-order valence-corrected chi connectivity index (χ1v) is 11.0. The molecule has 1 unspecified atom stereocenters. The van der Waals surface area contributed by atoms with Gasteiger partial charge in [0.1, 0.15) is 0 Å². The second-order valence-corrected chi connectivity index (χ2v) is 8.06. The van der Waals surface area contributed by atoms with E-state index in [1.807, 2.05) is 78.2 Å². The van der Waals surface area contributed by atoms with E-state index in [0.717, 1.165) is 35.3 Å². The number of amides is 2. The van der Waals surface area contributed by atoms with Crippen LogP contribution in [0.5, 0.6) is 0 Å². The number of benzene rings is 3. The van der Waals surface area contributed by atoms with Crippen molar-refractivity contribution in [3.05, 3.63) is 102 Å².